The molecule has 1 aromatic rings. The molecule has 1 fully saturated rings. The van der Waals surface area contributed by atoms with E-state index in [0.29, 0.717) is 54.0 Å². The van der Waals surface area contributed by atoms with Crippen molar-refractivity contribution in [3.05, 3.63) is 28.3 Å². The van der Waals surface area contributed by atoms with E-state index in [1.807, 2.05) is 13.8 Å². The molecule has 2 aliphatic rings. The van der Waals surface area contributed by atoms with Crippen LogP contribution in [0.1, 0.15) is 80.6 Å². The molecule has 1 heterocycles. The second-order valence-electron chi connectivity index (χ2n) is 7.14. The zero-order valence-electron chi connectivity index (χ0n) is 15.5. The monoisotopic (exact) mass is 358 g/mol. The van der Waals surface area contributed by atoms with Crippen LogP contribution < -0.4 is 0 Å². The maximum Gasteiger partial charge on any atom is 0.168 e. The van der Waals surface area contributed by atoms with E-state index in [2.05, 4.69) is 10.1 Å². The van der Waals surface area contributed by atoms with E-state index in [1.54, 1.807) is 0 Å². The van der Waals surface area contributed by atoms with Crippen LogP contribution >= 0.6 is 0 Å². The first-order valence-corrected chi connectivity index (χ1v) is 9.54. The lowest BCUT2D eigenvalue weighted by Crippen LogP contribution is -2.23. The molecule has 0 amide bonds. The maximum atomic E-state index is 12.4. The number of hydrogen-bond donors (Lipinski definition) is 1. The molecular weight excluding hydrogens is 332 g/mol. The summed E-state index contributed by atoms with van der Waals surface area (Å²) in [6, 6.07) is 0.124. The number of carbonyl (C=O) groups excluding carboxylic acids is 2. The summed E-state index contributed by atoms with van der Waals surface area (Å²) >= 11 is 0. The predicted molar refractivity (Wildman–Crippen MR) is 97.8 cm³/mol. The van der Waals surface area contributed by atoms with Gasteiger partial charge < -0.3 is 9.63 Å². The summed E-state index contributed by atoms with van der Waals surface area (Å²) in [6.45, 7) is 4.06. The highest BCUT2D eigenvalue weighted by Crippen LogP contribution is 2.27. The van der Waals surface area contributed by atoms with E-state index >= 15 is 0 Å². The lowest BCUT2D eigenvalue weighted by Gasteiger charge is -2.19. The van der Waals surface area contributed by atoms with Gasteiger partial charge in [-0.15, -0.1) is 0 Å². The molecule has 26 heavy (non-hydrogen) atoms. The molecule has 3 rings (SSSR count). The van der Waals surface area contributed by atoms with Crippen LogP contribution in [0.15, 0.2) is 20.8 Å². The third-order valence-electron chi connectivity index (χ3n) is 5.16. The zero-order chi connectivity index (χ0) is 18.7. The third kappa shape index (κ3) is 3.79. The van der Waals surface area contributed by atoms with E-state index < -0.39 is 0 Å². The SMILES string of the molecule is CCC(C)N=C1CCCC(=O)C1=C(O)CCc1noc2c1C(=O)CCC2. The maximum absolute atomic E-state index is 12.4. The molecule has 6 nitrogen and oxygen atoms in total. The number of rotatable bonds is 5. The highest BCUT2D eigenvalue weighted by atomic mass is 16.5. The van der Waals surface area contributed by atoms with Gasteiger partial charge in [0, 0.05) is 43.9 Å². The van der Waals surface area contributed by atoms with Crippen LogP contribution in [0.5, 0.6) is 0 Å². The van der Waals surface area contributed by atoms with Gasteiger partial charge in [-0.25, -0.2) is 0 Å². The lowest BCUT2D eigenvalue weighted by molar-refractivity contribution is -0.115. The Kier molecular flexibility index (Phi) is 5.69. The minimum atomic E-state index is -0.0472. The van der Waals surface area contributed by atoms with Crippen molar-refractivity contribution in [3.63, 3.8) is 0 Å². The fraction of sp³-hybridized carbons (Fsp3) is 0.600. The molecule has 0 aliphatic heterocycles. The number of nitrogens with zero attached hydrogens (tertiary/aromatic N) is 2. The topological polar surface area (TPSA) is 92.8 Å². The predicted octanol–water partition coefficient (Wildman–Crippen LogP) is 3.93. The van der Waals surface area contributed by atoms with Crippen LogP contribution in [0.4, 0.5) is 0 Å². The van der Waals surface area contributed by atoms with Crippen molar-refractivity contribution in [3.8, 4) is 0 Å². The van der Waals surface area contributed by atoms with Gasteiger partial charge in [-0.2, -0.15) is 0 Å². The Labute approximate surface area is 153 Å². The van der Waals surface area contributed by atoms with Crippen molar-refractivity contribution in [2.45, 2.75) is 77.7 Å². The first kappa shape index (κ1) is 18.5. The molecule has 0 aromatic carbocycles. The molecule has 6 heteroatoms. The van der Waals surface area contributed by atoms with Gasteiger partial charge in [-0.1, -0.05) is 12.1 Å². The van der Waals surface area contributed by atoms with Gasteiger partial charge in [0.15, 0.2) is 11.6 Å². The van der Waals surface area contributed by atoms with Crippen molar-refractivity contribution in [2.75, 3.05) is 0 Å². The minimum Gasteiger partial charge on any atom is -0.511 e. The molecule has 0 spiro atoms. The number of allylic oxidation sites excluding steroid dienone is 2. The van der Waals surface area contributed by atoms with Crippen LogP contribution in [-0.4, -0.2) is 33.6 Å². The van der Waals surface area contributed by atoms with Crippen molar-refractivity contribution in [1.82, 2.24) is 5.16 Å². The molecular formula is C20H26N2O4. The van der Waals surface area contributed by atoms with Gasteiger partial charge >= 0.3 is 0 Å². The highest BCUT2D eigenvalue weighted by molar-refractivity contribution is 6.24. The Balaban J connectivity index is 1.82. The number of ketones is 2. The molecule has 0 saturated heterocycles. The van der Waals surface area contributed by atoms with Crippen LogP contribution in [0.3, 0.4) is 0 Å². The number of fused-ring (bicyclic) bond motifs is 1. The summed E-state index contributed by atoms with van der Waals surface area (Å²) in [6.07, 6.45) is 5.49. The number of carbonyl (C=O) groups is 2. The first-order chi connectivity index (χ1) is 12.5. The smallest absolute Gasteiger partial charge is 0.168 e. The normalized spacial score (nSPS) is 22.5. The van der Waals surface area contributed by atoms with E-state index in [1.165, 1.54) is 0 Å². The summed E-state index contributed by atoms with van der Waals surface area (Å²) in [4.78, 5) is 29.1. The summed E-state index contributed by atoms with van der Waals surface area (Å²) in [5, 5.41) is 14.6. The molecule has 1 saturated carbocycles. The standard InChI is InChI=1S/C20H26N2O4/c1-3-12(2)21-13-6-4-7-15(23)19(13)17(25)11-10-14-20-16(24)8-5-9-18(20)26-22-14/h12,25H,3-11H2,1-2H3. The quantitative estimate of drug-likeness (QED) is 0.636. The number of aryl methyl sites for hydroxylation is 2. The molecule has 1 atom stereocenters. The van der Waals surface area contributed by atoms with Gasteiger partial charge in [0.25, 0.3) is 0 Å². The van der Waals surface area contributed by atoms with Crippen molar-refractivity contribution < 1.29 is 19.2 Å². The Morgan fingerprint density at radius 3 is 2.69 bits per heavy atom. The summed E-state index contributed by atoms with van der Waals surface area (Å²) in [5.74, 6) is 0.712. The van der Waals surface area contributed by atoms with Gasteiger partial charge in [-0.3, -0.25) is 14.6 Å². The van der Waals surface area contributed by atoms with Crippen molar-refractivity contribution >= 4 is 17.3 Å². The molecule has 140 valence electrons. The number of hydrogen-bond acceptors (Lipinski definition) is 6. The Morgan fingerprint density at radius 1 is 1.19 bits per heavy atom. The first-order valence-electron chi connectivity index (χ1n) is 9.54. The van der Waals surface area contributed by atoms with E-state index in [-0.39, 0.29) is 29.8 Å². The third-order valence-corrected chi connectivity index (χ3v) is 5.16. The Morgan fingerprint density at radius 2 is 1.92 bits per heavy atom. The van der Waals surface area contributed by atoms with Crippen LogP contribution in [0.25, 0.3) is 0 Å². The molecule has 1 N–H and O–H groups in total. The molecule has 2 aliphatic carbocycles. The van der Waals surface area contributed by atoms with Gasteiger partial charge in [0.05, 0.1) is 16.8 Å². The summed E-state index contributed by atoms with van der Waals surface area (Å²) in [5.41, 5.74) is 2.25. The zero-order valence-corrected chi connectivity index (χ0v) is 15.5. The van der Waals surface area contributed by atoms with Crippen LogP contribution in [0, 0.1) is 0 Å². The van der Waals surface area contributed by atoms with Crippen molar-refractivity contribution in [1.29, 1.82) is 0 Å². The van der Waals surface area contributed by atoms with Gasteiger partial charge in [0.2, 0.25) is 0 Å². The molecule has 1 unspecified atom stereocenters. The Bertz CT molecular complexity index is 773. The highest BCUT2D eigenvalue weighted by Gasteiger charge is 2.28. The number of aliphatic hydroxyl groups excluding tert-OH is 1. The minimum absolute atomic E-state index is 0.0472. The molecule has 0 radical (unpaired) electrons. The average Bonchev–Trinajstić information content (AvgIpc) is 3.04. The number of aliphatic imine (C=N–C) groups is 1. The van der Waals surface area contributed by atoms with Crippen LogP contribution in [-0.2, 0) is 17.6 Å². The lowest BCUT2D eigenvalue weighted by atomic mass is 9.88. The number of aliphatic hydroxyl groups is 1. The second kappa shape index (κ2) is 7.98. The van der Waals surface area contributed by atoms with E-state index in [9.17, 15) is 14.7 Å². The summed E-state index contributed by atoms with van der Waals surface area (Å²) in [7, 11) is 0. The largest absolute Gasteiger partial charge is 0.511 e. The Hall–Kier alpha value is -2.24. The van der Waals surface area contributed by atoms with Gasteiger partial charge in [0.1, 0.15) is 11.5 Å². The molecule has 0 bridgehead atoms. The van der Waals surface area contributed by atoms with Crippen molar-refractivity contribution in [2.24, 2.45) is 4.99 Å². The fourth-order valence-electron chi connectivity index (χ4n) is 3.56. The number of aromatic nitrogens is 1. The average molecular weight is 358 g/mol. The van der Waals surface area contributed by atoms with Gasteiger partial charge in [-0.05, 0) is 32.6 Å². The number of Topliss-reactive ketones (excluding diaryl/α,β-unsaturated/α-hetero) is 2. The van der Waals surface area contributed by atoms with E-state index in [4.69, 9.17) is 4.52 Å². The fourth-order valence-corrected chi connectivity index (χ4v) is 3.56. The second-order valence-corrected chi connectivity index (χ2v) is 7.14. The summed E-state index contributed by atoms with van der Waals surface area (Å²) < 4.78 is 5.29. The van der Waals surface area contributed by atoms with Crippen LogP contribution in [0.2, 0.25) is 0 Å². The van der Waals surface area contributed by atoms with E-state index in [0.717, 1.165) is 25.7 Å². The molecule has 1 aromatic heterocycles.